The molecule has 102 valence electrons. The van der Waals surface area contributed by atoms with E-state index in [4.69, 9.17) is 4.98 Å². The maximum absolute atomic E-state index is 4.77. The minimum absolute atomic E-state index is 0.486. The zero-order chi connectivity index (χ0) is 14.3. The molecule has 1 aromatic carbocycles. The second-order valence-electron chi connectivity index (χ2n) is 5.54. The SMILES string of the molecule is Cc1ccccc1-c1cc2nc(C(C)C)sc2c[n+]1C. The molecule has 20 heavy (non-hydrogen) atoms. The molecule has 0 aliphatic rings. The van der Waals surface area contributed by atoms with Gasteiger partial charge < -0.3 is 0 Å². The molecule has 0 saturated carbocycles. The highest BCUT2D eigenvalue weighted by molar-refractivity contribution is 7.18. The second-order valence-corrected chi connectivity index (χ2v) is 6.60. The average Bonchev–Trinajstić information content (AvgIpc) is 2.81. The van der Waals surface area contributed by atoms with Gasteiger partial charge >= 0.3 is 0 Å². The quantitative estimate of drug-likeness (QED) is 0.643. The molecule has 2 heterocycles. The molecule has 3 aromatic rings. The van der Waals surface area contributed by atoms with Gasteiger partial charge in [0.25, 0.3) is 0 Å². The molecule has 0 aliphatic carbocycles. The van der Waals surface area contributed by atoms with E-state index in [1.165, 1.54) is 26.5 Å². The number of fused-ring (bicyclic) bond motifs is 1. The standard InChI is InChI=1S/C17H19N2S/c1-11(2)17-18-14-9-15(19(4)10-16(14)20-17)13-8-6-5-7-12(13)3/h5-11H,1-4H3/q+1. The molecular formula is C17H19N2S+. The molecule has 3 rings (SSSR count). The lowest BCUT2D eigenvalue weighted by atomic mass is 10.0. The summed E-state index contributed by atoms with van der Waals surface area (Å²) < 4.78 is 3.46. The third kappa shape index (κ3) is 2.22. The Bertz CT molecular complexity index is 772. The molecule has 0 radical (unpaired) electrons. The van der Waals surface area contributed by atoms with Gasteiger partial charge in [0, 0.05) is 17.5 Å². The van der Waals surface area contributed by atoms with Crippen molar-refractivity contribution in [3.8, 4) is 11.3 Å². The van der Waals surface area contributed by atoms with Gasteiger partial charge in [0.1, 0.15) is 11.7 Å². The summed E-state index contributed by atoms with van der Waals surface area (Å²) >= 11 is 1.80. The van der Waals surface area contributed by atoms with Crippen LogP contribution in [0, 0.1) is 6.92 Å². The Kier molecular flexibility index (Phi) is 3.30. The number of aromatic nitrogens is 2. The third-order valence-electron chi connectivity index (χ3n) is 3.58. The van der Waals surface area contributed by atoms with E-state index in [-0.39, 0.29) is 0 Å². The van der Waals surface area contributed by atoms with Crippen molar-refractivity contribution in [2.45, 2.75) is 26.7 Å². The fourth-order valence-electron chi connectivity index (χ4n) is 2.41. The smallest absolute Gasteiger partial charge is 0.214 e. The summed E-state index contributed by atoms with van der Waals surface area (Å²) in [7, 11) is 2.11. The maximum atomic E-state index is 4.77. The minimum atomic E-state index is 0.486. The lowest BCUT2D eigenvalue weighted by molar-refractivity contribution is -0.659. The van der Waals surface area contributed by atoms with Gasteiger partial charge in [-0.1, -0.05) is 32.0 Å². The number of benzene rings is 1. The van der Waals surface area contributed by atoms with Crippen molar-refractivity contribution < 1.29 is 4.57 Å². The van der Waals surface area contributed by atoms with Crippen LogP contribution in [0.5, 0.6) is 0 Å². The van der Waals surface area contributed by atoms with Crippen LogP contribution in [0.2, 0.25) is 0 Å². The first-order valence-electron chi connectivity index (χ1n) is 6.92. The van der Waals surface area contributed by atoms with Crippen molar-refractivity contribution in [2.75, 3.05) is 0 Å². The Morgan fingerprint density at radius 2 is 1.95 bits per heavy atom. The average molecular weight is 283 g/mol. The summed E-state index contributed by atoms with van der Waals surface area (Å²) in [5.41, 5.74) is 4.89. The van der Waals surface area contributed by atoms with Crippen molar-refractivity contribution >= 4 is 21.6 Å². The largest absolute Gasteiger partial charge is 0.240 e. The number of aryl methyl sites for hydroxylation is 2. The number of rotatable bonds is 2. The van der Waals surface area contributed by atoms with Crippen molar-refractivity contribution in [2.24, 2.45) is 7.05 Å². The summed E-state index contributed by atoms with van der Waals surface area (Å²) in [5.74, 6) is 0.486. The van der Waals surface area contributed by atoms with Crippen LogP contribution in [0.15, 0.2) is 36.5 Å². The van der Waals surface area contributed by atoms with E-state index >= 15 is 0 Å². The number of pyridine rings is 1. The number of hydrogen-bond acceptors (Lipinski definition) is 2. The highest BCUT2D eigenvalue weighted by Crippen LogP contribution is 2.29. The Labute approximate surface area is 123 Å². The van der Waals surface area contributed by atoms with Gasteiger partial charge in [-0.25, -0.2) is 4.98 Å². The summed E-state index contributed by atoms with van der Waals surface area (Å²) in [6.07, 6.45) is 2.20. The van der Waals surface area contributed by atoms with Crippen LogP contribution >= 0.6 is 11.3 Å². The molecule has 0 unspecified atom stereocenters. The first-order chi connectivity index (χ1) is 9.56. The highest BCUT2D eigenvalue weighted by atomic mass is 32.1. The van der Waals surface area contributed by atoms with Gasteiger partial charge in [-0.2, -0.15) is 4.57 Å². The Morgan fingerprint density at radius 1 is 1.20 bits per heavy atom. The first-order valence-corrected chi connectivity index (χ1v) is 7.74. The molecule has 0 spiro atoms. The summed E-state index contributed by atoms with van der Waals surface area (Å²) in [6.45, 7) is 6.54. The van der Waals surface area contributed by atoms with Crippen molar-refractivity contribution in [1.82, 2.24) is 4.98 Å². The summed E-state index contributed by atoms with van der Waals surface area (Å²) in [6, 6.07) is 10.7. The Morgan fingerprint density at radius 3 is 2.65 bits per heavy atom. The Balaban J connectivity index is 2.22. The molecule has 2 nitrogen and oxygen atoms in total. The van der Waals surface area contributed by atoms with Gasteiger partial charge in [-0.3, -0.25) is 0 Å². The highest BCUT2D eigenvalue weighted by Gasteiger charge is 2.17. The Hall–Kier alpha value is -1.74. The molecule has 0 N–H and O–H groups in total. The fraction of sp³-hybridized carbons (Fsp3) is 0.294. The molecule has 0 aliphatic heterocycles. The van der Waals surface area contributed by atoms with Gasteiger partial charge in [0.05, 0.1) is 10.5 Å². The minimum Gasteiger partial charge on any atom is -0.240 e. The van der Waals surface area contributed by atoms with Crippen molar-refractivity contribution in [3.63, 3.8) is 0 Å². The molecule has 0 atom stereocenters. The molecule has 3 heteroatoms. The van der Waals surface area contributed by atoms with Crippen LogP contribution in [0.1, 0.15) is 30.3 Å². The molecule has 2 aromatic heterocycles. The fourth-order valence-corrected chi connectivity index (χ4v) is 3.43. The lowest BCUT2D eigenvalue weighted by Gasteiger charge is -2.03. The lowest BCUT2D eigenvalue weighted by Crippen LogP contribution is -2.30. The normalized spacial score (nSPS) is 11.4. The molecule has 0 saturated heterocycles. The van der Waals surface area contributed by atoms with E-state index in [9.17, 15) is 0 Å². The molecule has 0 amide bonds. The monoisotopic (exact) mass is 283 g/mol. The van der Waals surface area contributed by atoms with E-state index < -0.39 is 0 Å². The molecule has 0 fully saturated rings. The maximum Gasteiger partial charge on any atom is 0.214 e. The number of hydrogen-bond donors (Lipinski definition) is 0. The summed E-state index contributed by atoms with van der Waals surface area (Å²) in [5, 5.41) is 1.21. The molecular weight excluding hydrogens is 264 g/mol. The zero-order valence-corrected chi connectivity index (χ0v) is 13.2. The number of nitrogens with zero attached hydrogens (tertiary/aromatic N) is 2. The predicted octanol–water partition coefficient (Wildman–Crippen LogP) is 4.22. The number of thiazole rings is 1. The topological polar surface area (TPSA) is 16.8 Å². The van der Waals surface area contributed by atoms with Crippen LogP contribution in [-0.2, 0) is 7.05 Å². The van der Waals surface area contributed by atoms with Crippen LogP contribution in [-0.4, -0.2) is 4.98 Å². The van der Waals surface area contributed by atoms with Gasteiger partial charge in [-0.15, -0.1) is 11.3 Å². The second kappa shape index (κ2) is 4.98. The predicted molar refractivity (Wildman–Crippen MR) is 85.1 cm³/mol. The first kappa shape index (κ1) is 13.3. The van der Waals surface area contributed by atoms with Crippen LogP contribution in [0.3, 0.4) is 0 Å². The van der Waals surface area contributed by atoms with Gasteiger partial charge in [0.2, 0.25) is 5.69 Å². The van der Waals surface area contributed by atoms with Crippen LogP contribution in [0.4, 0.5) is 0 Å². The van der Waals surface area contributed by atoms with Crippen LogP contribution < -0.4 is 4.57 Å². The van der Waals surface area contributed by atoms with Crippen LogP contribution in [0.25, 0.3) is 21.5 Å². The van der Waals surface area contributed by atoms with E-state index in [1.807, 2.05) is 0 Å². The van der Waals surface area contributed by atoms with Gasteiger partial charge in [0.15, 0.2) is 6.20 Å². The van der Waals surface area contributed by atoms with Crippen molar-refractivity contribution in [1.29, 1.82) is 0 Å². The van der Waals surface area contributed by atoms with Gasteiger partial charge in [-0.05, 0) is 18.6 Å². The summed E-state index contributed by atoms with van der Waals surface area (Å²) in [4.78, 5) is 4.77. The van der Waals surface area contributed by atoms with E-state index in [2.05, 4.69) is 68.9 Å². The third-order valence-corrected chi connectivity index (χ3v) is 4.88. The van der Waals surface area contributed by atoms with E-state index in [0.29, 0.717) is 5.92 Å². The van der Waals surface area contributed by atoms with E-state index in [0.717, 1.165) is 5.52 Å². The zero-order valence-electron chi connectivity index (χ0n) is 12.3. The van der Waals surface area contributed by atoms with Crippen molar-refractivity contribution in [3.05, 3.63) is 47.1 Å². The molecule has 0 bridgehead atoms. The van der Waals surface area contributed by atoms with E-state index in [1.54, 1.807) is 11.3 Å².